The molecule has 0 spiro atoms. The van der Waals surface area contributed by atoms with Crippen LogP contribution in [-0.2, 0) is 4.79 Å². The molecule has 5 unspecified atom stereocenters. The van der Waals surface area contributed by atoms with Crippen LogP contribution in [0.1, 0.15) is 12.8 Å². The van der Waals surface area contributed by atoms with E-state index in [-0.39, 0.29) is 11.2 Å². The Hall–Kier alpha value is -0.300. The summed E-state index contributed by atoms with van der Waals surface area (Å²) in [5.74, 6) is 3.07. The molecule has 2 bridgehead atoms. The molecule has 0 aromatic carbocycles. The quantitative estimate of drug-likeness (QED) is 0.449. The average molecular weight is 183 g/mol. The summed E-state index contributed by atoms with van der Waals surface area (Å²) in [5, 5.41) is -0.0998. The minimum absolute atomic E-state index is 0.0998. The zero-order valence-electron chi connectivity index (χ0n) is 6.74. The van der Waals surface area contributed by atoms with Crippen molar-refractivity contribution in [2.24, 2.45) is 29.6 Å². The second-order valence-electron chi connectivity index (χ2n) is 4.34. The van der Waals surface area contributed by atoms with Crippen molar-refractivity contribution >= 4 is 16.8 Å². The number of hydrogen-bond donors (Lipinski definition) is 0. The van der Waals surface area contributed by atoms with Gasteiger partial charge in [0.05, 0.1) is 0 Å². The number of halogens is 1. The predicted octanol–water partition coefficient (Wildman–Crippen LogP) is 2.21. The highest BCUT2D eigenvalue weighted by Gasteiger charge is 2.56. The molecule has 1 nitrogen and oxygen atoms in total. The molecule has 2 heteroatoms. The van der Waals surface area contributed by atoms with Gasteiger partial charge in [-0.15, -0.1) is 0 Å². The molecule has 0 amide bonds. The van der Waals surface area contributed by atoms with Crippen LogP contribution in [0.15, 0.2) is 12.2 Å². The van der Waals surface area contributed by atoms with Crippen LogP contribution in [0.4, 0.5) is 0 Å². The van der Waals surface area contributed by atoms with Crippen molar-refractivity contribution in [3.05, 3.63) is 12.2 Å². The molecular weight excluding hydrogens is 172 g/mol. The first kappa shape index (κ1) is 7.14. The Kier molecular flexibility index (Phi) is 1.27. The fourth-order valence-electron chi connectivity index (χ4n) is 3.39. The first-order valence-electron chi connectivity index (χ1n) is 4.65. The van der Waals surface area contributed by atoms with Crippen LogP contribution in [0.2, 0.25) is 0 Å². The molecule has 0 saturated heterocycles. The second-order valence-corrected chi connectivity index (χ2v) is 4.71. The standard InChI is InChI=1S/C10H11ClO/c11-10(12)8-4-7-5-1-2-6(3-5)9(7)8/h1-2,5-9H,3-4H2. The lowest BCUT2D eigenvalue weighted by Crippen LogP contribution is -2.42. The lowest BCUT2D eigenvalue weighted by molar-refractivity contribution is -0.123. The fourth-order valence-corrected chi connectivity index (χ4v) is 3.62. The molecule has 0 aromatic rings. The number of rotatable bonds is 1. The Morgan fingerprint density at radius 2 is 2.00 bits per heavy atom. The van der Waals surface area contributed by atoms with Crippen LogP contribution in [0.5, 0.6) is 0 Å². The van der Waals surface area contributed by atoms with E-state index in [1.807, 2.05) is 0 Å². The third kappa shape index (κ3) is 0.687. The summed E-state index contributed by atoms with van der Waals surface area (Å²) in [5.41, 5.74) is 0. The topological polar surface area (TPSA) is 17.1 Å². The van der Waals surface area contributed by atoms with E-state index in [0.29, 0.717) is 11.8 Å². The van der Waals surface area contributed by atoms with E-state index in [9.17, 15) is 4.79 Å². The minimum Gasteiger partial charge on any atom is -0.281 e. The molecule has 0 aromatic heterocycles. The van der Waals surface area contributed by atoms with E-state index >= 15 is 0 Å². The van der Waals surface area contributed by atoms with Crippen LogP contribution in [0.3, 0.4) is 0 Å². The molecule has 3 aliphatic carbocycles. The summed E-state index contributed by atoms with van der Waals surface area (Å²) in [6.07, 6.45) is 6.97. The lowest BCUT2D eigenvalue weighted by atomic mass is 9.61. The minimum atomic E-state index is -0.0998. The highest BCUT2D eigenvalue weighted by Crippen LogP contribution is 2.61. The van der Waals surface area contributed by atoms with E-state index in [0.717, 1.165) is 18.3 Å². The fraction of sp³-hybridized carbons (Fsp3) is 0.700. The number of hydrogen-bond acceptors (Lipinski definition) is 1. The second kappa shape index (κ2) is 2.14. The smallest absolute Gasteiger partial charge is 0.225 e. The van der Waals surface area contributed by atoms with E-state index in [1.54, 1.807) is 0 Å². The van der Waals surface area contributed by atoms with E-state index in [2.05, 4.69) is 12.2 Å². The van der Waals surface area contributed by atoms with Gasteiger partial charge in [0.2, 0.25) is 5.24 Å². The van der Waals surface area contributed by atoms with Crippen LogP contribution in [0, 0.1) is 29.6 Å². The Labute approximate surface area is 76.8 Å². The summed E-state index contributed by atoms with van der Waals surface area (Å²) < 4.78 is 0. The molecule has 5 atom stereocenters. The molecule has 3 rings (SSSR count). The first-order valence-corrected chi connectivity index (χ1v) is 5.03. The van der Waals surface area contributed by atoms with Gasteiger partial charge in [-0.25, -0.2) is 0 Å². The average Bonchev–Trinajstić information content (AvgIpc) is 2.40. The largest absolute Gasteiger partial charge is 0.281 e. The van der Waals surface area contributed by atoms with E-state index < -0.39 is 0 Å². The molecule has 0 aliphatic heterocycles. The van der Waals surface area contributed by atoms with Crippen molar-refractivity contribution in [3.8, 4) is 0 Å². The number of carbonyl (C=O) groups is 1. The number of carbonyl (C=O) groups excluding carboxylic acids is 1. The normalized spacial score (nSPS) is 53.6. The molecule has 0 heterocycles. The van der Waals surface area contributed by atoms with Crippen molar-refractivity contribution in [1.29, 1.82) is 0 Å². The van der Waals surface area contributed by atoms with Gasteiger partial charge in [0.15, 0.2) is 0 Å². The Balaban J connectivity index is 1.87. The highest BCUT2D eigenvalue weighted by atomic mass is 35.5. The third-order valence-electron chi connectivity index (χ3n) is 3.97. The maximum absolute atomic E-state index is 11.0. The molecule has 0 radical (unpaired) electrons. The third-order valence-corrected chi connectivity index (χ3v) is 4.25. The van der Waals surface area contributed by atoms with Crippen molar-refractivity contribution < 1.29 is 4.79 Å². The van der Waals surface area contributed by atoms with Crippen molar-refractivity contribution in [1.82, 2.24) is 0 Å². The molecule has 0 N–H and O–H groups in total. The van der Waals surface area contributed by atoms with Gasteiger partial charge >= 0.3 is 0 Å². The van der Waals surface area contributed by atoms with Crippen LogP contribution < -0.4 is 0 Å². The monoisotopic (exact) mass is 182 g/mol. The molecule has 3 aliphatic rings. The van der Waals surface area contributed by atoms with Gasteiger partial charge < -0.3 is 0 Å². The molecule has 64 valence electrons. The Morgan fingerprint density at radius 1 is 1.25 bits per heavy atom. The van der Waals surface area contributed by atoms with Gasteiger partial charge in [-0.2, -0.15) is 0 Å². The summed E-state index contributed by atoms with van der Waals surface area (Å²) in [6, 6.07) is 0. The van der Waals surface area contributed by atoms with Crippen LogP contribution in [0.25, 0.3) is 0 Å². The van der Waals surface area contributed by atoms with Crippen molar-refractivity contribution in [2.75, 3.05) is 0 Å². The van der Waals surface area contributed by atoms with Crippen LogP contribution in [-0.4, -0.2) is 5.24 Å². The Bertz CT molecular complexity index is 271. The van der Waals surface area contributed by atoms with Gasteiger partial charge in [-0.3, -0.25) is 4.79 Å². The van der Waals surface area contributed by atoms with Gasteiger partial charge in [0.1, 0.15) is 0 Å². The highest BCUT2D eigenvalue weighted by molar-refractivity contribution is 6.64. The molecular formula is C10H11ClO. The SMILES string of the molecule is O=C(Cl)C1CC2C3C=CC(C3)C12. The molecule has 2 saturated carbocycles. The van der Waals surface area contributed by atoms with Gasteiger partial charge in [-0.05, 0) is 48.1 Å². The maximum atomic E-state index is 11.0. The van der Waals surface area contributed by atoms with E-state index in [1.165, 1.54) is 6.42 Å². The zero-order chi connectivity index (χ0) is 8.29. The number of allylic oxidation sites excluding steroid dienone is 2. The summed E-state index contributed by atoms with van der Waals surface area (Å²) >= 11 is 5.52. The van der Waals surface area contributed by atoms with Gasteiger partial charge in [0.25, 0.3) is 0 Å². The summed E-state index contributed by atoms with van der Waals surface area (Å²) in [7, 11) is 0. The van der Waals surface area contributed by atoms with Gasteiger partial charge in [-0.1, -0.05) is 12.2 Å². The predicted molar refractivity (Wildman–Crippen MR) is 46.7 cm³/mol. The number of fused-ring (bicyclic) bond motifs is 5. The van der Waals surface area contributed by atoms with Crippen molar-refractivity contribution in [2.45, 2.75) is 12.8 Å². The van der Waals surface area contributed by atoms with E-state index in [4.69, 9.17) is 11.6 Å². The lowest BCUT2D eigenvalue weighted by Gasteiger charge is -2.43. The summed E-state index contributed by atoms with van der Waals surface area (Å²) in [4.78, 5) is 11.0. The first-order chi connectivity index (χ1) is 5.77. The van der Waals surface area contributed by atoms with Gasteiger partial charge in [0, 0.05) is 5.92 Å². The molecule has 2 fully saturated rings. The molecule has 12 heavy (non-hydrogen) atoms. The van der Waals surface area contributed by atoms with Crippen LogP contribution >= 0.6 is 11.6 Å². The Morgan fingerprint density at radius 3 is 2.67 bits per heavy atom. The maximum Gasteiger partial charge on any atom is 0.225 e. The van der Waals surface area contributed by atoms with Crippen molar-refractivity contribution in [3.63, 3.8) is 0 Å². The zero-order valence-corrected chi connectivity index (χ0v) is 7.50. The summed E-state index contributed by atoms with van der Waals surface area (Å²) in [6.45, 7) is 0.